The zero-order chi connectivity index (χ0) is 14.0. The van der Waals surface area contributed by atoms with Crippen molar-refractivity contribution in [1.29, 1.82) is 0 Å². The van der Waals surface area contributed by atoms with Crippen LogP contribution >= 0.6 is 43.5 Å². The lowest BCUT2D eigenvalue weighted by Crippen LogP contribution is -2.13. The maximum atomic E-state index is 12.1. The number of hydrogen-bond acceptors (Lipinski definition) is 2. The first-order chi connectivity index (χ1) is 8.95. The first kappa shape index (κ1) is 14.5. The molecule has 0 spiro atoms. The normalized spacial score (nSPS) is 10.3. The van der Waals surface area contributed by atoms with E-state index >= 15 is 0 Å². The summed E-state index contributed by atoms with van der Waals surface area (Å²) in [4.78, 5) is 16.2. The molecule has 19 heavy (non-hydrogen) atoms. The van der Waals surface area contributed by atoms with Crippen molar-refractivity contribution in [2.75, 3.05) is 5.32 Å². The number of anilines is 1. The van der Waals surface area contributed by atoms with E-state index in [-0.39, 0.29) is 5.91 Å². The molecule has 0 saturated heterocycles. The molecule has 1 amide bonds. The Balaban J connectivity index is 2.25. The number of aromatic nitrogens is 1. The predicted molar refractivity (Wildman–Crippen MR) is 83.8 cm³/mol. The van der Waals surface area contributed by atoms with Gasteiger partial charge in [-0.05, 0) is 37.3 Å². The molecule has 1 N–H and O–H groups in total. The fourth-order valence-corrected chi connectivity index (χ4v) is 3.03. The van der Waals surface area contributed by atoms with Crippen LogP contribution in [0.2, 0.25) is 5.15 Å². The van der Waals surface area contributed by atoms with Gasteiger partial charge in [0.15, 0.2) is 0 Å². The predicted octanol–water partition coefficient (Wildman–Crippen LogP) is 4.82. The number of nitrogens with one attached hydrogen (secondary N) is 1. The third kappa shape index (κ3) is 3.78. The Kier molecular flexibility index (Phi) is 4.60. The van der Waals surface area contributed by atoms with Crippen LogP contribution < -0.4 is 5.32 Å². The van der Waals surface area contributed by atoms with Crippen LogP contribution in [0.15, 0.2) is 39.3 Å². The third-order valence-corrected chi connectivity index (χ3v) is 3.55. The van der Waals surface area contributed by atoms with Crippen molar-refractivity contribution in [2.45, 2.75) is 6.92 Å². The average molecular weight is 404 g/mol. The summed E-state index contributed by atoms with van der Waals surface area (Å²) in [6, 6.07) is 8.74. The molecule has 1 aromatic heterocycles. The van der Waals surface area contributed by atoms with Crippen molar-refractivity contribution in [3.8, 4) is 0 Å². The fourth-order valence-electron chi connectivity index (χ4n) is 1.54. The number of carbonyl (C=O) groups excluding carboxylic acids is 1. The number of nitrogens with zero attached hydrogens (tertiary/aromatic N) is 1. The molecule has 0 atom stereocenters. The van der Waals surface area contributed by atoms with Crippen LogP contribution in [-0.2, 0) is 0 Å². The molecule has 0 bridgehead atoms. The summed E-state index contributed by atoms with van der Waals surface area (Å²) in [7, 11) is 0. The highest BCUT2D eigenvalue weighted by atomic mass is 79.9. The highest BCUT2D eigenvalue weighted by Gasteiger charge is 2.10. The molecule has 2 rings (SSSR count). The van der Waals surface area contributed by atoms with Gasteiger partial charge in [-0.15, -0.1) is 0 Å². The van der Waals surface area contributed by atoms with Crippen molar-refractivity contribution in [2.24, 2.45) is 0 Å². The van der Waals surface area contributed by atoms with Crippen LogP contribution in [0, 0.1) is 6.92 Å². The van der Waals surface area contributed by atoms with E-state index in [4.69, 9.17) is 11.6 Å². The molecule has 0 unspecified atom stereocenters. The molecule has 0 aliphatic carbocycles. The lowest BCUT2D eigenvalue weighted by Gasteiger charge is -2.08. The maximum absolute atomic E-state index is 12.1. The average Bonchev–Trinajstić information content (AvgIpc) is 2.31. The van der Waals surface area contributed by atoms with Gasteiger partial charge in [-0.1, -0.05) is 43.5 Å². The van der Waals surface area contributed by atoms with Gasteiger partial charge in [0.2, 0.25) is 0 Å². The molecule has 0 aliphatic rings. The summed E-state index contributed by atoms with van der Waals surface area (Å²) in [5.41, 5.74) is 1.87. The SMILES string of the molecule is Cc1nc(Cl)ccc1NC(=O)c1cc(Br)cc(Br)c1. The van der Waals surface area contributed by atoms with Gasteiger partial charge in [0, 0.05) is 14.5 Å². The Labute approximate surface area is 132 Å². The lowest BCUT2D eigenvalue weighted by atomic mass is 10.2. The van der Waals surface area contributed by atoms with Crippen molar-refractivity contribution >= 4 is 55.1 Å². The number of benzene rings is 1. The second-order valence-electron chi connectivity index (χ2n) is 3.88. The van der Waals surface area contributed by atoms with Gasteiger partial charge in [0.1, 0.15) is 5.15 Å². The smallest absolute Gasteiger partial charge is 0.255 e. The summed E-state index contributed by atoms with van der Waals surface area (Å²) in [5.74, 6) is -0.200. The largest absolute Gasteiger partial charge is 0.320 e. The van der Waals surface area contributed by atoms with Gasteiger partial charge in [0.25, 0.3) is 5.91 Å². The number of halogens is 3. The van der Waals surface area contributed by atoms with E-state index in [2.05, 4.69) is 42.2 Å². The zero-order valence-electron chi connectivity index (χ0n) is 9.88. The number of carbonyl (C=O) groups is 1. The summed E-state index contributed by atoms with van der Waals surface area (Å²) in [5, 5.41) is 3.21. The van der Waals surface area contributed by atoms with Crippen molar-refractivity contribution in [3.63, 3.8) is 0 Å². The standard InChI is InChI=1S/C13H9Br2ClN2O/c1-7-11(2-3-12(16)17-7)18-13(19)8-4-9(14)6-10(15)5-8/h2-6H,1H3,(H,18,19). The second-order valence-corrected chi connectivity index (χ2v) is 6.10. The van der Waals surface area contributed by atoms with Gasteiger partial charge in [-0.25, -0.2) is 4.98 Å². The summed E-state index contributed by atoms with van der Waals surface area (Å²) >= 11 is 12.5. The Bertz CT molecular complexity index is 626. The van der Waals surface area contributed by atoms with E-state index < -0.39 is 0 Å². The highest BCUT2D eigenvalue weighted by molar-refractivity contribution is 9.11. The van der Waals surface area contributed by atoms with E-state index in [1.165, 1.54) is 0 Å². The monoisotopic (exact) mass is 402 g/mol. The molecule has 1 aromatic carbocycles. The van der Waals surface area contributed by atoms with E-state index in [1.807, 2.05) is 6.07 Å². The van der Waals surface area contributed by atoms with Crippen molar-refractivity contribution in [3.05, 3.63) is 55.7 Å². The third-order valence-electron chi connectivity index (χ3n) is 2.42. The number of pyridine rings is 1. The number of rotatable bonds is 2. The molecular weight excluding hydrogens is 395 g/mol. The van der Waals surface area contributed by atoms with E-state index in [0.717, 1.165) is 8.95 Å². The number of aryl methyl sites for hydroxylation is 1. The molecule has 0 aliphatic heterocycles. The minimum Gasteiger partial charge on any atom is -0.320 e. The van der Waals surface area contributed by atoms with Crippen molar-refractivity contribution < 1.29 is 4.79 Å². The van der Waals surface area contributed by atoms with E-state index in [1.54, 1.807) is 31.2 Å². The topological polar surface area (TPSA) is 42.0 Å². The fraction of sp³-hybridized carbons (Fsp3) is 0.0769. The summed E-state index contributed by atoms with van der Waals surface area (Å²) < 4.78 is 1.66. The van der Waals surface area contributed by atoms with Crippen molar-refractivity contribution in [1.82, 2.24) is 4.98 Å². The van der Waals surface area contributed by atoms with E-state index in [9.17, 15) is 4.79 Å². The summed E-state index contributed by atoms with van der Waals surface area (Å²) in [6.45, 7) is 1.79. The molecule has 3 nitrogen and oxygen atoms in total. The van der Waals surface area contributed by atoms with E-state index in [0.29, 0.717) is 22.1 Å². The minimum absolute atomic E-state index is 0.200. The summed E-state index contributed by atoms with van der Waals surface area (Å²) in [6.07, 6.45) is 0. The Morgan fingerprint density at radius 2 is 1.84 bits per heavy atom. The van der Waals surface area contributed by atoms with Gasteiger partial charge < -0.3 is 5.32 Å². The van der Waals surface area contributed by atoms with Gasteiger partial charge in [-0.2, -0.15) is 0 Å². The van der Waals surface area contributed by atoms with Crippen LogP contribution in [0.1, 0.15) is 16.1 Å². The van der Waals surface area contributed by atoms with Crippen LogP contribution in [0.4, 0.5) is 5.69 Å². The Hall–Kier alpha value is -0.910. The van der Waals surface area contributed by atoms with Crippen LogP contribution in [0.25, 0.3) is 0 Å². The number of amides is 1. The first-order valence-electron chi connectivity index (χ1n) is 5.36. The van der Waals surface area contributed by atoms with Crippen LogP contribution in [0.3, 0.4) is 0 Å². The van der Waals surface area contributed by atoms with Gasteiger partial charge in [0.05, 0.1) is 11.4 Å². The molecule has 0 fully saturated rings. The Morgan fingerprint density at radius 3 is 2.42 bits per heavy atom. The minimum atomic E-state index is -0.200. The maximum Gasteiger partial charge on any atom is 0.255 e. The zero-order valence-corrected chi connectivity index (χ0v) is 13.8. The lowest BCUT2D eigenvalue weighted by molar-refractivity contribution is 0.102. The van der Waals surface area contributed by atoms with Crippen LogP contribution in [0.5, 0.6) is 0 Å². The second kappa shape index (κ2) is 6.03. The quantitative estimate of drug-likeness (QED) is 0.729. The van der Waals surface area contributed by atoms with Gasteiger partial charge in [-0.3, -0.25) is 4.79 Å². The molecular formula is C13H9Br2ClN2O. The Morgan fingerprint density at radius 1 is 1.21 bits per heavy atom. The molecule has 0 saturated carbocycles. The molecule has 2 aromatic rings. The van der Waals surface area contributed by atoms with Gasteiger partial charge >= 0.3 is 0 Å². The van der Waals surface area contributed by atoms with Crippen LogP contribution in [-0.4, -0.2) is 10.9 Å². The molecule has 98 valence electrons. The molecule has 0 radical (unpaired) electrons. The first-order valence-corrected chi connectivity index (χ1v) is 7.32. The molecule has 1 heterocycles. The molecule has 6 heteroatoms. The number of hydrogen-bond donors (Lipinski definition) is 1. The highest BCUT2D eigenvalue weighted by Crippen LogP contribution is 2.22.